The van der Waals surface area contributed by atoms with Gasteiger partial charge < -0.3 is 9.84 Å². The summed E-state index contributed by atoms with van der Waals surface area (Å²) in [6.07, 6.45) is 3.08. The van der Waals surface area contributed by atoms with Gasteiger partial charge in [0.15, 0.2) is 0 Å². The van der Waals surface area contributed by atoms with E-state index in [-0.39, 0.29) is 5.75 Å². The molecule has 0 amide bonds. The van der Waals surface area contributed by atoms with Gasteiger partial charge in [0.05, 0.1) is 5.92 Å². The molecule has 1 atom stereocenters. The number of ether oxygens (including phenoxy) is 1. The van der Waals surface area contributed by atoms with Crippen LogP contribution < -0.4 is 4.74 Å². The monoisotopic (exact) mass is 268 g/mol. The van der Waals surface area contributed by atoms with Gasteiger partial charge in [-0.2, -0.15) is 8.78 Å². The van der Waals surface area contributed by atoms with Gasteiger partial charge in [-0.05, 0) is 43.0 Å². The van der Waals surface area contributed by atoms with E-state index in [1.165, 1.54) is 6.07 Å². The first kappa shape index (κ1) is 13.5. The summed E-state index contributed by atoms with van der Waals surface area (Å²) in [5.41, 5.74) is 2.62. The highest BCUT2D eigenvalue weighted by atomic mass is 19.3. The van der Waals surface area contributed by atoms with Gasteiger partial charge in [-0.15, -0.1) is 0 Å². The van der Waals surface area contributed by atoms with Gasteiger partial charge in [0.1, 0.15) is 5.75 Å². The van der Waals surface area contributed by atoms with Crippen molar-refractivity contribution in [3.05, 3.63) is 34.9 Å². The van der Waals surface area contributed by atoms with Gasteiger partial charge in [-0.1, -0.05) is 17.7 Å². The maximum atomic E-state index is 12.1. The largest absolute Gasteiger partial charge is 0.481 e. The van der Waals surface area contributed by atoms with Crippen LogP contribution in [0.3, 0.4) is 0 Å². The van der Waals surface area contributed by atoms with Crippen molar-refractivity contribution in [1.82, 2.24) is 0 Å². The highest BCUT2D eigenvalue weighted by molar-refractivity contribution is 5.76. The third kappa shape index (κ3) is 3.10. The van der Waals surface area contributed by atoms with Crippen molar-refractivity contribution < 1.29 is 23.4 Å². The van der Waals surface area contributed by atoms with E-state index in [4.69, 9.17) is 5.11 Å². The van der Waals surface area contributed by atoms with Gasteiger partial charge >= 0.3 is 12.6 Å². The molecule has 1 aliphatic carbocycles. The van der Waals surface area contributed by atoms with E-state index in [9.17, 15) is 13.6 Å². The van der Waals surface area contributed by atoms with Crippen LogP contribution in [0.4, 0.5) is 8.78 Å². The van der Waals surface area contributed by atoms with Crippen molar-refractivity contribution in [3.8, 4) is 5.75 Å². The molecule has 1 unspecified atom stereocenters. The normalized spacial score (nSPS) is 15.7. The van der Waals surface area contributed by atoms with Gasteiger partial charge in [0.2, 0.25) is 0 Å². The summed E-state index contributed by atoms with van der Waals surface area (Å²) in [7, 11) is 0. The fraction of sp³-hybridized carbons (Fsp3) is 0.357. The van der Waals surface area contributed by atoms with Crippen molar-refractivity contribution in [3.63, 3.8) is 0 Å². The maximum absolute atomic E-state index is 12.1. The van der Waals surface area contributed by atoms with Crippen LogP contribution in [0.1, 0.15) is 24.5 Å². The Hall–Kier alpha value is -1.91. The number of hydrogen-bond acceptors (Lipinski definition) is 2. The van der Waals surface area contributed by atoms with Crippen molar-refractivity contribution in [2.75, 3.05) is 0 Å². The molecule has 0 saturated heterocycles. The second-order valence-corrected chi connectivity index (χ2v) is 4.52. The Labute approximate surface area is 109 Å². The fourth-order valence-corrected chi connectivity index (χ4v) is 2.17. The minimum absolute atomic E-state index is 0.136. The van der Waals surface area contributed by atoms with Crippen LogP contribution in [0, 0.1) is 5.92 Å². The zero-order chi connectivity index (χ0) is 14.0. The molecule has 3 nitrogen and oxygen atoms in total. The van der Waals surface area contributed by atoms with E-state index >= 15 is 0 Å². The quantitative estimate of drug-likeness (QED) is 0.911. The number of aryl methyl sites for hydroxylation is 1. The predicted molar refractivity (Wildman–Crippen MR) is 66.2 cm³/mol. The summed E-state index contributed by atoms with van der Waals surface area (Å²) in [4.78, 5) is 10.9. The number of carboxylic acid groups (broad SMARTS) is 1. The van der Waals surface area contributed by atoms with Crippen LogP contribution in [0.2, 0.25) is 0 Å². The average Bonchev–Trinajstić information content (AvgIpc) is 2.36. The van der Waals surface area contributed by atoms with E-state index in [2.05, 4.69) is 4.74 Å². The van der Waals surface area contributed by atoms with Crippen LogP contribution in [-0.4, -0.2) is 17.7 Å². The molecule has 19 heavy (non-hydrogen) atoms. The maximum Gasteiger partial charge on any atom is 0.387 e. The number of rotatable bonds is 4. The van der Waals surface area contributed by atoms with Crippen LogP contribution in [0.15, 0.2) is 23.8 Å². The van der Waals surface area contributed by atoms with Gasteiger partial charge in [-0.3, -0.25) is 4.79 Å². The van der Waals surface area contributed by atoms with Gasteiger partial charge in [0, 0.05) is 0 Å². The van der Waals surface area contributed by atoms with Crippen LogP contribution in [0.25, 0.3) is 6.08 Å². The Morgan fingerprint density at radius 3 is 2.74 bits per heavy atom. The first-order chi connectivity index (χ1) is 8.97. The SMILES string of the molecule is CC(C(=O)O)C1=Cc2ccc(OC(F)F)cc2CC1. The molecule has 0 fully saturated rings. The van der Waals surface area contributed by atoms with Gasteiger partial charge in [0.25, 0.3) is 0 Å². The Morgan fingerprint density at radius 1 is 1.37 bits per heavy atom. The molecule has 0 aliphatic heterocycles. The number of hydrogen-bond donors (Lipinski definition) is 1. The number of halogens is 2. The van der Waals surface area contributed by atoms with Crippen LogP contribution in [0.5, 0.6) is 5.75 Å². The third-order valence-electron chi connectivity index (χ3n) is 3.29. The highest BCUT2D eigenvalue weighted by Crippen LogP contribution is 2.31. The standard InChI is InChI=1S/C14H14F2O3/c1-8(13(17)18)9-2-3-11-7-12(19-14(15)16)5-4-10(11)6-9/h4-8,14H,2-3H2,1H3,(H,17,18). The third-order valence-corrected chi connectivity index (χ3v) is 3.29. The average molecular weight is 268 g/mol. The van der Waals surface area contributed by atoms with E-state index in [0.29, 0.717) is 12.8 Å². The molecular formula is C14H14F2O3. The minimum atomic E-state index is -2.83. The Morgan fingerprint density at radius 2 is 2.11 bits per heavy atom. The second-order valence-electron chi connectivity index (χ2n) is 4.52. The molecule has 102 valence electrons. The summed E-state index contributed by atoms with van der Waals surface area (Å²) in [6, 6.07) is 4.73. The lowest BCUT2D eigenvalue weighted by molar-refractivity contribution is -0.139. The lowest BCUT2D eigenvalue weighted by Gasteiger charge is -2.19. The summed E-state index contributed by atoms with van der Waals surface area (Å²) in [5.74, 6) is -1.24. The van der Waals surface area contributed by atoms with E-state index in [1.54, 1.807) is 19.1 Å². The number of benzene rings is 1. The molecule has 1 aliphatic rings. The lowest BCUT2D eigenvalue weighted by atomic mass is 9.86. The highest BCUT2D eigenvalue weighted by Gasteiger charge is 2.20. The molecule has 0 aromatic heterocycles. The summed E-state index contributed by atoms with van der Waals surface area (Å²) >= 11 is 0. The first-order valence-electron chi connectivity index (χ1n) is 5.98. The summed E-state index contributed by atoms with van der Waals surface area (Å²) in [5, 5.41) is 8.98. The molecule has 1 aromatic rings. The molecular weight excluding hydrogens is 254 g/mol. The Balaban J connectivity index is 2.25. The number of aliphatic carboxylic acids is 1. The van der Waals surface area contributed by atoms with E-state index in [1.807, 2.05) is 6.08 Å². The first-order valence-corrected chi connectivity index (χ1v) is 5.98. The zero-order valence-corrected chi connectivity index (χ0v) is 10.4. The number of carbonyl (C=O) groups is 1. The Kier molecular flexibility index (Phi) is 3.83. The number of alkyl halides is 2. The predicted octanol–water partition coefficient (Wildman–Crippen LogP) is 3.34. The van der Waals surface area contributed by atoms with E-state index in [0.717, 1.165) is 16.7 Å². The molecule has 1 N–H and O–H groups in total. The Bertz CT molecular complexity index is 523. The molecule has 0 spiro atoms. The van der Waals surface area contributed by atoms with Crippen LogP contribution in [-0.2, 0) is 11.2 Å². The van der Waals surface area contributed by atoms with Crippen molar-refractivity contribution >= 4 is 12.0 Å². The molecule has 0 saturated carbocycles. The molecule has 5 heteroatoms. The second kappa shape index (κ2) is 5.38. The van der Waals surface area contributed by atoms with Crippen molar-refractivity contribution in [1.29, 1.82) is 0 Å². The van der Waals surface area contributed by atoms with Crippen LogP contribution >= 0.6 is 0 Å². The summed E-state index contributed by atoms with van der Waals surface area (Å²) < 4.78 is 28.6. The number of carboxylic acids is 1. The van der Waals surface area contributed by atoms with Gasteiger partial charge in [-0.25, -0.2) is 0 Å². The smallest absolute Gasteiger partial charge is 0.387 e. The zero-order valence-electron chi connectivity index (χ0n) is 10.4. The van der Waals surface area contributed by atoms with Crippen molar-refractivity contribution in [2.24, 2.45) is 5.92 Å². The number of fused-ring (bicyclic) bond motifs is 1. The van der Waals surface area contributed by atoms with E-state index < -0.39 is 18.5 Å². The molecule has 1 aromatic carbocycles. The molecule has 0 heterocycles. The lowest BCUT2D eigenvalue weighted by Crippen LogP contribution is -2.15. The summed E-state index contributed by atoms with van der Waals surface area (Å²) in [6.45, 7) is -1.19. The fourth-order valence-electron chi connectivity index (χ4n) is 2.17. The molecule has 0 radical (unpaired) electrons. The molecule has 2 rings (SSSR count). The minimum Gasteiger partial charge on any atom is -0.481 e. The van der Waals surface area contributed by atoms with Crippen molar-refractivity contribution in [2.45, 2.75) is 26.4 Å². The molecule has 0 bridgehead atoms. The topological polar surface area (TPSA) is 46.5 Å².